The molecule has 0 radical (unpaired) electrons. The van der Waals surface area contributed by atoms with E-state index in [1.54, 1.807) is 0 Å². The van der Waals surface area contributed by atoms with Crippen LogP contribution in [-0.2, 0) is 9.47 Å². The van der Waals surface area contributed by atoms with E-state index in [9.17, 15) is 0 Å². The third-order valence-corrected chi connectivity index (χ3v) is 13.0. The second-order valence-corrected chi connectivity index (χ2v) is 16.0. The highest BCUT2D eigenvalue weighted by molar-refractivity contribution is 5.89. The van der Waals surface area contributed by atoms with Crippen LogP contribution >= 0.6 is 0 Å². The minimum Gasteiger partial charge on any atom is -0.472 e. The molecule has 0 saturated heterocycles. The van der Waals surface area contributed by atoms with Crippen molar-refractivity contribution in [1.29, 1.82) is 0 Å². The highest BCUT2D eigenvalue weighted by atomic mass is 16.5. The van der Waals surface area contributed by atoms with Crippen LogP contribution in [0.25, 0.3) is 0 Å². The predicted octanol–water partition coefficient (Wildman–Crippen LogP) is 9.49. The van der Waals surface area contributed by atoms with E-state index in [2.05, 4.69) is 38.2 Å². The van der Waals surface area contributed by atoms with Crippen molar-refractivity contribution in [3.05, 3.63) is 24.3 Å². The summed E-state index contributed by atoms with van der Waals surface area (Å²) in [5, 5.41) is 0. The van der Waals surface area contributed by atoms with Gasteiger partial charge in [-0.3, -0.25) is 0 Å². The molecule has 0 aromatic carbocycles. The number of fused-ring (bicyclic) bond motifs is 2. The first-order chi connectivity index (χ1) is 20.6. The lowest BCUT2D eigenvalue weighted by Gasteiger charge is -2.41. The molecule has 6 unspecified atom stereocenters. The molecule has 2 aliphatic heterocycles. The monoisotopic (exact) mass is 574 g/mol. The fourth-order valence-corrected chi connectivity index (χ4v) is 10.1. The van der Waals surface area contributed by atoms with Crippen LogP contribution in [0.2, 0.25) is 0 Å². The minimum absolute atomic E-state index is 0.340. The third kappa shape index (κ3) is 6.88. The molecule has 5 aliphatic carbocycles. The Labute approximate surface area is 256 Å². The van der Waals surface area contributed by atoms with Crippen LogP contribution < -0.4 is 0 Å². The molecule has 5 fully saturated rings. The lowest BCUT2D eigenvalue weighted by molar-refractivity contribution is 0.0754. The first-order valence-electron chi connectivity index (χ1n) is 18.4. The Balaban J connectivity index is 0.833. The first-order valence-corrected chi connectivity index (χ1v) is 18.4. The highest BCUT2D eigenvalue weighted by Gasteiger charge is 2.41. The molecule has 0 N–H and O–H groups in total. The van der Waals surface area contributed by atoms with Crippen molar-refractivity contribution < 1.29 is 9.47 Å². The van der Waals surface area contributed by atoms with E-state index in [0.29, 0.717) is 36.1 Å². The summed E-state index contributed by atoms with van der Waals surface area (Å²) in [6.45, 7) is 4.81. The van der Waals surface area contributed by atoms with Gasteiger partial charge in [-0.05, 0) is 162 Å². The molecule has 5 saturated carbocycles. The van der Waals surface area contributed by atoms with Crippen molar-refractivity contribution in [3.63, 3.8) is 0 Å². The molecule has 4 heteroatoms. The Bertz CT molecular complexity index is 1020. The second-order valence-electron chi connectivity index (χ2n) is 16.0. The van der Waals surface area contributed by atoms with Gasteiger partial charge in [0.2, 0.25) is 11.8 Å². The van der Waals surface area contributed by atoms with E-state index in [-0.39, 0.29) is 0 Å². The largest absolute Gasteiger partial charge is 0.472 e. The third-order valence-electron chi connectivity index (χ3n) is 13.0. The predicted molar refractivity (Wildman–Crippen MR) is 173 cm³/mol. The SMILES string of the molecule is CC1CCC(C2CCC(C3CCC4OC(C=CC5CCC(C=CC6=NC7CC(C)CCC7O6)CC5)=NC4C3)CC2)CC1. The van der Waals surface area contributed by atoms with Crippen LogP contribution in [0.3, 0.4) is 0 Å². The van der Waals surface area contributed by atoms with Crippen molar-refractivity contribution >= 4 is 11.8 Å². The van der Waals surface area contributed by atoms with E-state index in [1.807, 2.05) is 0 Å². The van der Waals surface area contributed by atoms with Gasteiger partial charge >= 0.3 is 0 Å². The number of rotatable bonds is 6. The molecule has 0 amide bonds. The lowest BCUT2D eigenvalue weighted by atomic mass is 9.65. The number of hydrogen-bond donors (Lipinski definition) is 0. The molecule has 232 valence electrons. The number of hydrogen-bond acceptors (Lipinski definition) is 4. The fraction of sp³-hybridized carbons (Fsp3) is 0.842. The zero-order valence-electron chi connectivity index (χ0n) is 26.7. The summed E-state index contributed by atoms with van der Waals surface area (Å²) in [6, 6.07) is 0.814. The van der Waals surface area contributed by atoms with Crippen LogP contribution in [0, 0.1) is 47.3 Å². The lowest BCUT2D eigenvalue weighted by Crippen LogP contribution is -2.35. The molecular weight excluding hydrogens is 516 g/mol. The van der Waals surface area contributed by atoms with Gasteiger partial charge in [0, 0.05) is 0 Å². The summed E-state index contributed by atoms with van der Waals surface area (Å²) < 4.78 is 12.5. The van der Waals surface area contributed by atoms with Crippen molar-refractivity contribution in [1.82, 2.24) is 0 Å². The van der Waals surface area contributed by atoms with E-state index < -0.39 is 0 Å². The van der Waals surface area contributed by atoms with Gasteiger partial charge in [0.25, 0.3) is 0 Å². The zero-order chi connectivity index (χ0) is 28.5. The van der Waals surface area contributed by atoms with E-state index in [1.165, 1.54) is 116 Å². The first kappa shape index (κ1) is 29.1. The van der Waals surface area contributed by atoms with Crippen molar-refractivity contribution in [3.8, 4) is 0 Å². The van der Waals surface area contributed by atoms with Crippen molar-refractivity contribution in [2.75, 3.05) is 0 Å². The van der Waals surface area contributed by atoms with Crippen LogP contribution in [0.1, 0.15) is 129 Å². The van der Waals surface area contributed by atoms with Gasteiger partial charge in [0.05, 0.1) is 12.1 Å². The number of aliphatic imine (C=N–C) groups is 2. The van der Waals surface area contributed by atoms with Gasteiger partial charge in [0.15, 0.2) is 0 Å². The maximum Gasteiger partial charge on any atom is 0.208 e. The molecule has 7 aliphatic rings. The quantitative estimate of drug-likeness (QED) is 0.317. The molecule has 2 heterocycles. The van der Waals surface area contributed by atoms with Crippen molar-refractivity contribution in [2.24, 2.45) is 57.3 Å². The van der Waals surface area contributed by atoms with Gasteiger partial charge in [-0.25, -0.2) is 9.98 Å². The molecular formula is C38H58N2O2. The van der Waals surface area contributed by atoms with Gasteiger partial charge in [-0.15, -0.1) is 0 Å². The van der Waals surface area contributed by atoms with Crippen LogP contribution in [-0.4, -0.2) is 36.1 Å². The Morgan fingerprint density at radius 3 is 1.48 bits per heavy atom. The normalized spacial score (nSPS) is 46.0. The minimum atomic E-state index is 0.340. The number of allylic oxidation sites excluding steroid dienone is 2. The Morgan fingerprint density at radius 1 is 0.476 bits per heavy atom. The smallest absolute Gasteiger partial charge is 0.208 e. The summed E-state index contributed by atoms with van der Waals surface area (Å²) in [6.07, 6.45) is 34.4. The summed E-state index contributed by atoms with van der Waals surface area (Å²) in [5.41, 5.74) is 0. The maximum absolute atomic E-state index is 6.39. The van der Waals surface area contributed by atoms with Crippen LogP contribution in [0.5, 0.6) is 0 Å². The topological polar surface area (TPSA) is 43.2 Å². The molecule has 42 heavy (non-hydrogen) atoms. The Kier molecular flexibility index (Phi) is 9.15. The molecule has 0 aromatic rings. The zero-order valence-corrected chi connectivity index (χ0v) is 26.7. The molecule has 0 aromatic heterocycles. The fourth-order valence-electron chi connectivity index (χ4n) is 10.1. The molecule has 7 rings (SSSR count). The van der Waals surface area contributed by atoms with Crippen LogP contribution in [0.15, 0.2) is 34.3 Å². The molecule has 6 atom stereocenters. The Morgan fingerprint density at radius 2 is 0.905 bits per heavy atom. The Hall–Kier alpha value is -1.58. The molecule has 4 nitrogen and oxygen atoms in total. The average Bonchev–Trinajstić information content (AvgIpc) is 3.62. The van der Waals surface area contributed by atoms with Crippen LogP contribution in [0.4, 0.5) is 0 Å². The van der Waals surface area contributed by atoms with Gasteiger partial charge in [-0.2, -0.15) is 0 Å². The standard InChI is InChI=1S/C38H58N2O2/c1-25-3-12-29(13-4-25)30-14-16-31(17-15-30)32-18-20-36-34(24-32)40-38(42-36)22-11-28-8-6-27(7-9-28)10-21-37-39-33-23-26(2)5-19-35(33)41-37/h10-11,21-22,25-36H,3-9,12-20,23-24H2,1-2H3. The summed E-state index contributed by atoms with van der Waals surface area (Å²) in [7, 11) is 0. The van der Waals surface area contributed by atoms with Gasteiger partial charge in [0.1, 0.15) is 12.2 Å². The van der Waals surface area contributed by atoms with E-state index >= 15 is 0 Å². The second kappa shape index (κ2) is 13.2. The summed E-state index contributed by atoms with van der Waals surface area (Å²) in [4.78, 5) is 10.0. The number of nitrogens with zero attached hydrogens (tertiary/aromatic N) is 2. The number of ether oxygens (including phenoxy) is 2. The van der Waals surface area contributed by atoms with E-state index in [4.69, 9.17) is 19.5 Å². The molecule has 0 spiro atoms. The average molecular weight is 575 g/mol. The summed E-state index contributed by atoms with van der Waals surface area (Å²) >= 11 is 0. The highest BCUT2D eigenvalue weighted by Crippen LogP contribution is 2.46. The van der Waals surface area contributed by atoms with Gasteiger partial charge < -0.3 is 9.47 Å². The maximum atomic E-state index is 6.39. The molecule has 0 bridgehead atoms. The van der Waals surface area contributed by atoms with E-state index in [0.717, 1.165) is 47.3 Å². The summed E-state index contributed by atoms with van der Waals surface area (Å²) in [5.74, 6) is 8.80. The van der Waals surface area contributed by atoms with Gasteiger partial charge in [-0.1, -0.05) is 38.8 Å². The van der Waals surface area contributed by atoms with Crippen molar-refractivity contribution in [2.45, 2.75) is 154 Å².